The number of aryl methyl sites for hydroxylation is 1. The second-order valence-electron chi connectivity index (χ2n) is 4.72. The van der Waals surface area contributed by atoms with Crippen LogP contribution in [0.5, 0.6) is 0 Å². The van der Waals surface area contributed by atoms with Crippen LogP contribution in [0.4, 0.5) is 5.69 Å². The molecule has 0 unspecified atom stereocenters. The van der Waals surface area contributed by atoms with Crippen molar-refractivity contribution in [1.29, 1.82) is 0 Å². The summed E-state index contributed by atoms with van der Waals surface area (Å²) >= 11 is 0. The van der Waals surface area contributed by atoms with Gasteiger partial charge < -0.3 is 14.4 Å². The molecule has 0 aliphatic heterocycles. The predicted molar refractivity (Wildman–Crippen MR) is 77.0 cm³/mol. The summed E-state index contributed by atoms with van der Waals surface area (Å²) in [5.74, 6) is -0.108. The zero-order valence-corrected chi connectivity index (χ0v) is 11.5. The molecule has 6 nitrogen and oxygen atoms in total. The molecule has 106 valence electrons. The van der Waals surface area contributed by atoms with E-state index in [1.54, 1.807) is 25.5 Å². The summed E-state index contributed by atoms with van der Waals surface area (Å²) in [6, 6.07) is 9.24. The molecular formula is C15H14N4O2. The van der Waals surface area contributed by atoms with Gasteiger partial charge in [0.05, 0.1) is 12.0 Å². The van der Waals surface area contributed by atoms with E-state index in [1.807, 2.05) is 35.0 Å². The molecule has 0 atom stereocenters. The number of hydrogen-bond acceptors (Lipinski definition) is 4. The minimum absolute atomic E-state index is 0.201. The molecule has 0 aliphatic carbocycles. The van der Waals surface area contributed by atoms with Gasteiger partial charge in [0.1, 0.15) is 0 Å². The Hall–Kier alpha value is -2.89. The van der Waals surface area contributed by atoms with Crippen molar-refractivity contribution in [3.8, 4) is 0 Å². The van der Waals surface area contributed by atoms with Crippen LogP contribution in [-0.2, 0) is 6.54 Å². The van der Waals surface area contributed by atoms with Crippen LogP contribution in [0, 0.1) is 6.92 Å². The molecule has 1 aromatic carbocycles. The number of carbonyl (C=O) groups is 1. The van der Waals surface area contributed by atoms with Gasteiger partial charge in [-0.25, -0.2) is 4.98 Å². The Morgan fingerprint density at radius 1 is 1.38 bits per heavy atom. The molecular weight excluding hydrogens is 268 g/mol. The molecule has 0 fully saturated rings. The fourth-order valence-corrected chi connectivity index (χ4v) is 2.00. The first-order chi connectivity index (χ1) is 10.2. The Balaban J connectivity index is 1.72. The van der Waals surface area contributed by atoms with Gasteiger partial charge in [-0.1, -0.05) is 17.3 Å². The van der Waals surface area contributed by atoms with Crippen LogP contribution in [0.1, 0.15) is 21.8 Å². The van der Waals surface area contributed by atoms with Gasteiger partial charge in [-0.3, -0.25) is 4.79 Å². The monoisotopic (exact) mass is 282 g/mol. The lowest BCUT2D eigenvalue weighted by Gasteiger charge is -2.06. The first-order valence-electron chi connectivity index (χ1n) is 6.50. The molecule has 0 saturated carbocycles. The van der Waals surface area contributed by atoms with Crippen molar-refractivity contribution in [2.24, 2.45) is 0 Å². The second-order valence-corrected chi connectivity index (χ2v) is 4.72. The number of amides is 1. The Morgan fingerprint density at radius 2 is 2.29 bits per heavy atom. The maximum absolute atomic E-state index is 12.0. The van der Waals surface area contributed by atoms with Gasteiger partial charge in [0.15, 0.2) is 0 Å². The van der Waals surface area contributed by atoms with Gasteiger partial charge in [-0.15, -0.1) is 0 Å². The van der Waals surface area contributed by atoms with Crippen molar-refractivity contribution < 1.29 is 9.32 Å². The summed E-state index contributed by atoms with van der Waals surface area (Å²) in [5.41, 5.74) is 2.46. The fourth-order valence-electron chi connectivity index (χ4n) is 2.00. The summed E-state index contributed by atoms with van der Waals surface area (Å²) in [7, 11) is 0. The number of benzene rings is 1. The van der Waals surface area contributed by atoms with Gasteiger partial charge in [0.25, 0.3) is 5.91 Å². The molecule has 0 saturated heterocycles. The molecule has 1 amide bonds. The molecule has 1 N–H and O–H groups in total. The largest absolute Gasteiger partial charge is 0.351 e. The second kappa shape index (κ2) is 5.62. The van der Waals surface area contributed by atoms with Crippen molar-refractivity contribution in [2.75, 3.05) is 5.32 Å². The molecule has 2 heterocycles. The molecule has 3 aromatic rings. The average Bonchev–Trinajstić information content (AvgIpc) is 3.11. The van der Waals surface area contributed by atoms with Crippen LogP contribution in [0.25, 0.3) is 0 Å². The highest BCUT2D eigenvalue weighted by Crippen LogP contribution is 2.14. The van der Waals surface area contributed by atoms with Crippen molar-refractivity contribution in [3.05, 3.63) is 66.1 Å². The third-order valence-electron chi connectivity index (χ3n) is 2.96. The number of anilines is 1. The Bertz CT molecular complexity index is 747. The van der Waals surface area contributed by atoms with Crippen molar-refractivity contribution in [1.82, 2.24) is 14.7 Å². The van der Waals surface area contributed by atoms with Crippen LogP contribution in [0.2, 0.25) is 0 Å². The lowest BCUT2D eigenvalue weighted by Crippen LogP contribution is -2.11. The number of nitrogens with one attached hydrogen (secondary N) is 1. The first kappa shape index (κ1) is 13.1. The Labute approximate surface area is 121 Å². The predicted octanol–water partition coefficient (Wildman–Crippen LogP) is 2.48. The van der Waals surface area contributed by atoms with E-state index in [1.165, 1.54) is 0 Å². The Morgan fingerprint density at radius 3 is 3.00 bits per heavy atom. The van der Waals surface area contributed by atoms with Gasteiger partial charge in [0, 0.05) is 30.7 Å². The van der Waals surface area contributed by atoms with E-state index in [4.69, 9.17) is 4.52 Å². The standard InChI is InChI=1S/C15H14N4O2/c1-11-7-14(21-18-11)15(20)17-13-4-2-3-12(8-13)9-19-6-5-16-10-19/h2-8,10H,9H2,1H3,(H,17,20). The number of carbonyl (C=O) groups excluding carboxylic acids is 1. The number of rotatable bonds is 4. The normalized spacial score (nSPS) is 10.5. The van der Waals surface area contributed by atoms with E-state index in [-0.39, 0.29) is 11.7 Å². The molecule has 0 bridgehead atoms. The molecule has 21 heavy (non-hydrogen) atoms. The SMILES string of the molecule is Cc1cc(C(=O)Nc2cccc(Cn3ccnc3)c2)on1. The topological polar surface area (TPSA) is 73.0 Å². The van der Waals surface area contributed by atoms with Gasteiger partial charge in [0.2, 0.25) is 5.76 Å². The molecule has 2 aromatic heterocycles. The highest BCUT2D eigenvalue weighted by Gasteiger charge is 2.11. The third kappa shape index (κ3) is 3.17. The minimum Gasteiger partial charge on any atom is -0.351 e. The molecule has 3 rings (SSSR count). The van der Waals surface area contributed by atoms with E-state index in [0.29, 0.717) is 17.9 Å². The van der Waals surface area contributed by atoms with Crippen LogP contribution in [0.15, 0.2) is 53.6 Å². The van der Waals surface area contributed by atoms with E-state index >= 15 is 0 Å². The number of hydrogen-bond donors (Lipinski definition) is 1. The summed E-state index contributed by atoms with van der Waals surface area (Å²) in [4.78, 5) is 16.0. The number of aromatic nitrogens is 3. The van der Waals surface area contributed by atoms with E-state index < -0.39 is 0 Å². The fraction of sp³-hybridized carbons (Fsp3) is 0.133. The molecule has 0 aliphatic rings. The highest BCUT2D eigenvalue weighted by molar-refractivity contribution is 6.02. The number of nitrogens with zero attached hydrogens (tertiary/aromatic N) is 3. The minimum atomic E-state index is -0.310. The van der Waals surface area contributed by atoms with Gasteiger partial charge >= 0.3 is 0 Å². The van der Waals surface area contributed by atoms with Crippen molar-refractivity contribution >= 4 is 11.6 Å². The summed E-state index contributed by atoms with van der Waals surface area (Å²) < 4.78 is 6.90. The van der Waals surface area contributed by atoms with Gasteiger partial charge in [-0.05, 0) is 24.6 Å². The highest BCUT2D eigenvalue weighted by atomic mass is 16.5. The third-order valence-corrected chi connectivity index (χ3v) is 2.96. The average molecular weight is 282 g/mol. The first-order valence-corrected chi connectivity index (χ1v) is 6.50. The lowest BCUT2D eigenvalue weighted by molar-refractivity contribution is 0.0988. The van der Waals surface area contributed by atoms with Crippen LogP contribution in [-0.4, -0.2) is 20.6 Å². The summed E-state index contributed by atoms with van der Waals surface area (Å²) in [6.45, 7) is 2.47. The Kier molecular flexibility index (Phi) is 3.51. The lowest BCUT2D eigenvalue weighted by atomic mass is 10.2. The van der Waals surface area contributed by atoms with Crippen molar-refractivity contribution in [2.45, 2.75) is 13.5 Å². The van der Waals surface area contributed by atoms with Crippen LogP contribution in [0.3, 0.4) is 0 Å². The van der Waals surface area contributed by atoms with E-state index in [2.05, 4.69) is 15.5 Å². The summed E-state index contributed by atoms with van der Waals surface area (Å²) in [5, 5.41) is 6.49. The smallest absolute Gasteiger partial charge is 0.294 e. The van der Waals surface area contributed by atoms with Crippen LogP contribution < -0.4 is 5.32 Å². The van der Waals surface area contributed by atoms with E-state index in [0.717, 1.165) is 5.56 Å². The molecule has 0 radical (unpaired) electrons. The van der Waals surface area contributed by atoms with Gasteiger partial charge in [-0.2, -0.15) is 0 Å². The molecule has 6 heteroatoms. The maximum Gasteiger partial charge on any atom is 0.294 e. The summed E-state index contributed by atoms with van der Waals surface area (Å²) in [6.07, 6.45) is 5.38. The quantitative estimate of drug-likeness (QED) is 0.798. The van der Waals surface area contributed by atoms with E-state index in [9.17, 15) is 4.79 Å². The molecule has 0 spiro atoms. The zero-order chi connectivity index (χ0) is 14.7. The zero-order valence-electron chi connectivity index (χ0n) is 11.5. The van der Waals surface area contributed by atoms with Crippen LogP contribution >= 0.6 is 0 Å². The number of imidazole rings is 1. The maximum atomic E-state index is 12.0. The van der Waals surface area contributed by atoms with Crippen molar-refractivity contribution in [3.63, 3.8) is 0 Å².